The van der Waals surface area contributed by atoms with Gasteiger partial charge in [-0.05, 0) is 23.6 Å². The normalized spacial score (nSPS) is 19.4. The first-order chi connectivity index (χ1) is 12.4. The van der Waals surface area contributed by atoms with E-state index >= 15 is 0 Å². The van der Waals surface area contributed by atoms with Crippen LogP contribution in [0, 0.1) is 0 Å². The maximum Gasteiger partial charge on any atom is 0.160 e. The lowest BCUT2D eigenvalue weighted by molar-refractivity contribution is 0.0309. The van der Waals surface area contributed by atoms with Crippen LogP contribution in [0.1, 0.15) is 22.9 Å². The van der Waals surface area contributed by atoms with Gasteiger partial charge in [0.25, 0.3) is 0 Å². The highest BCUT2D eigenvalue weighted by molar-refractivity contribution is 5.50. The lowest BCUT2D eigenvalue weighted by Crippen LogP contribution is -2.28. The fourth-order valence-corrected chi connectivity index (χ4v) is 3.80. The van der Waals surface area contributed by atoms with Gasteiger partial charge in [0.2, 0.25) is 0 Å². The summed E-state index contributed by atoms with van der Waals surface area (Å²) in [6.45, 7) is 4.28. The van der Waals surface area contributed by atoms with Gasteiger partial charge >= 0.3 is 0 Å². The van der Waals surface area contributed by atoms with E-state index in [-0.39, 0.29) is 6.10 Å². The van der Waals surface area contributed by atoms with Crippen molar-refractivity contribution in [2.45, 2.75) is 32.2 Å². The average molecular weight is 335 g/mol. The Hall–Kier alpha value is -2.44. The third-order valence-electron chi connectivity index (χ3n) is 5.07. The van der Waals surface area contributed by atoms with Crippen LogP contribution in [-0.4, -0.2) is 32.5 Å². The largest absolute Gasteiger partial charge is 0.371 e. The molecule has 0 bridgehead atoms. The summed E-state index contributed by atoms with van der Waals surface area (Å²) >= 11 is 0. The molecule has 1 N–H and O–H groups in total. The van der Waals surface area contributed by atoms with E-state index in [2.05, 4.69) is 49.9 Å². The van der Waals surface area contributed by atoms with E-state index in [1.165, 1.54) is 16.8 Å². The van der Waals surface area contributed by atoms with Crippen LogP contribution in [0.25, 0.3) is 11.5 Å². The number of nitrogens with zero attached hydrogens (tertiary/aromatic N) is 4. The van der Waals surface area contributed by atoms with Crippen LogP contribution >= 0.6 is 0 Å². The molecule has 0 saturated heterocycles. The van der Waals surface area contributed by atoms with Crippen LogP contribution in [0.15, 0.2) is 42.7 Å². The molecular formula is C19H21N5O. The Kier molecular flexibility index (Phi) is 3.64. The number of hydrogen-bond donors (Lipinski definition) is 1. The molecule has 25 heavy (non-hydrogen) atoms. The number of benzene rings is 1. The molecule has 0 spiro atoms. The van der Waals surface area contributed by atoms with Gasteiger partial charge < -0.3 is 14.6 Å². The molecule has 1 aromatic carbocycles. The molecule has 0 aliphatic carbocycles. The van der Waals surface area contributed by atoms with Crippen molar-refractivity contribution in [1.29, 1.82) is 0 Å². The van der Waals surface area contributed by atoms with Gasteiger partial charge in [-0.15, -0.1) is 0 Å². The zero-order chi connectivity index (χ0) is 16.6. The van der Waals surface area contributed by atoms with Gasteiger partial charge in [0, 0.05) is 25.5 Å². The van der Waals surface area contributed by atoms with E-state index in [0.717, 1.165) is 50.7 Å². The minimum Gasteiger partial charge on any atom is -0.371 e. The standard InChI is InChI=1S/C19H21N5O/c1-2-4-16-14(3-1)5-10-25-18(16)13-23-8-7-21-19(23)17-11-15-12-20-6-9-24(15)22-17/h1-4,7-8,11,18,20H,5-6,9-10,12-13H2. The molecule has 2 aliphatic heterocycles. The van der Waals surface area contributed by atoms with Crippen molar-refractivity contribution in [2.24, 2.45) is 0 Å². The number of hydrogen-bond acceptors (Lipinski definition) is 4. The summed E-state index contributed by atoms with van der Waals surface area (Å²) in [5, 5.41) is 8.13. The first-order valence-corrected chi connectivity index (χ1v) is 8.87. The summed E-state index contributed by atoms with van der Waals surface area (Å²) in [6, 6.07) is 10.7. The predicted molar refractivity (Wildman–Crippen MR) is 94.0 cm³/mol. The maximum absolute atomic E-state index is 6.07. The molecule has 1 unspecified atom stereocenters. The van der Waals surface area contributed by atoms with Crippen molar-refractivity contribution >= 4 is 0 Å². The van der Waals surface area contributed by atoms with Crippen molar-refractivity contribution in [1.82, 2.24) is 24.6 Å². The molecule has 5 rings (SSSR count). The van der Waals surface area contributed by atoms with Crippen LogP contribution in [0.5, 0.6) is 0 Å². The molecule has 6 nitrogen and oxygen atoms in total. The summed E-state index contributed by atoms with van der Waals surface area (Å²) in [7, 11) is 0. The second-order valence-corrected chi connectivity index (χ2v) is 6.63. The zero-order valence-corrected chi connectivity index (χ0v) is 14.1. The monoisotopic (exact) mass is 335 g/mol. The van der Waals surface area contributed by atoms with Crippen molar-refractivity contribution in [3.8, 4) is 11.5 Å². The summed E-state index contributed by atoms with van der Waals surface area (Å²) in [5.74, 6) is 0.911. The smallest absolute Gasteiger partial charge is 0.160 e. The van der Waals surface area contributed by atoms with Crippen LogP contribution in [-0.2, 0) is 30.8 Å². The predicted octanol–water partition coefficient (Wildman–Crippen LogP) is 2.16. The number of nitrogens with one attached hydrogen (secondary N) is 1. The first-order valence-electron chi connectivity index (χ1n) is 8.87. The van der Waals surface area contributed by atoms with E-state index in [0.29, 0.717) is 0 Å². The van der Waals surface area contributed by atoms with Gasteiger partial charge in [-0.25, -0.2) is 4.98 Å². The van der Waals surface area contributed by atoms with Crippen LogP contribution in [0.2, 0.25) is 0 Å². The number of fused-ring (bicyclic) bond motifs is 2. The molecule has 6 heteroatoms. The quantitative estimate of drug-likeness (QED) is 0.797. The molecule has 0 fully saturated rings. The van der Waals surface area contributed by atoms with Crippen LogP contribution in [0.3, 0.4) is 0 Å². The lowest BCUT2D eigenvalue weighted by atomic mass is 9.97. The molecule has 4 heterocycles. The second-order valence-electron chi connectivity index (χ2n) is 6.63. The highest BCUT2D eigenvalue weighted by atomic mass is 16.5. The van der Waals surface area contributed by atoms with E-state index < -0.39 is 0 Å². The van der Waals surface area contributed by atoms with Crippen molar-refractivity contribution < 1.29 is 4.74 Å². The van der Waals surface area contributed by atoms with Gasteiger partial charge in [0.05, 0.1) is 25.4 Å². The number of ether oxygens (including phenoxy) is 1. The second kappa shape index (κ2) is 6.13. The highest BCUT2D eigenvalue weighted by Crippen LogP contribution is 2.29. The van der Waals surface area contributed by atoms with E-state index in [1.54, 1.807) is 0 Å². The first kappa shape index (κ1) is 14.9. The van der Waals surface area contributed by atoms with E-state index in [1.807, 2.05) is 12.4 Å². The average Bonchev–Trinajstić information content (AvgIpc) is 3.28. The fraction of sp³-hybridized carbons (Fsp3) is 0.368. The highest BCUT2D eigenvalue weighted by Gasteiger charge is 2.23. The maximum atomic E-state index is 6.07. The van der Waals surface area contributed by atoms with Gasteiger partial charge in [-0.3, -0.25) is 4.68 Å². The summed E-state index contributed by atoms with van der Waals surface area (Å²) < 4.78 is 10.3. The zero-order valence-electron chi connectivity index (χ0n) is 14.1. The van der Waals surface area contributed by atoms with Gasteiger partial charge in [0.1, 0.15) is 11.8 Å². The molecule has 0 radical (unpaired) electrons. The summed E-state index contributed by atoms with van der Waals surface area (Å²) in [6.07, 6.45) is 4.92. The topological polar surface area (TPSA) is 56.9 Å². The summed E-state index contributed by atoms with van der Waals surface area (Å²) in [4.78, 5) is 4.56. The SMILES string of the molecule is c1ccc2c(c1)CCOC2Cn1ccnc1-c1cc2n(n1)CCNC2. The Labute approximate surface area is 146 Å². The fourth-order valence-electron chi connectivity index (χ4n) is 3.80. The molecule has 2 aliphatic rings. The van der Waals surface area contributed by atoms with Crippen molar-refractivity contribution in [2.75, 3.05) is 13.2 Å². The molecule has 0 saturated carbocycles. The molecule has 3 aromatic rings. The molecule has 2 aromatic heterocycles. The Morgan fingerprint density at radius 2 is 2.24 bits per heavy atom. The van der Waals surface area contributed by atoms with Crippen molar-refractivity contribution in [3.05, 3.63) is 59.5 Å². The Morgan fingerprint density at radius 1 is 1.28 bits per heavy atom. The number of imidazole rings is 1. The van der Waals surface area contributed by atoms with E-state index in [4.69, 9.17) is 9.84 Å². The van der Waals surface area contributed by atoms with Gasteiger partial charge in [0.15, 0.2) is 5.82 Å². The van der Waals surface area contributed by atoms with Crippen LogP contribution in [0.4, 0.5) is 0 Å². The number of aromatic nitrogens is 4. The minimum absolute atomic E-state index is 0.0665. The molecule has 128 valence electrons. The Morgan fingerprint density at radius 3 is 3.20 bits per heavy atom. The van der Waals surface area contributed by atoms with Gasteiger partial charge in [-0.1, -0.05) is 24.3 Å². The third kappa shape index (κ3) is 2.67. The molecular weight excluding hydrogens is 314 g/mol. The van der Waals surface area contributed by atoms with E-state index in [9.17, 15) is 0 Å². The summed E-state index contributed by atoms with van der Waals surface area (Å²) in [5.41, 5.74) is 4.84. The van der Waals surface area contributed by atoms with Crippen molar-refractivity contribution in [3.63, 3.8) is 0 Å². The Bertz CT molecular complexity index is 873. The third-order valence-corrected chi connectivity index (χ3v) is 5.07. The minimum atomic E-state index is 0.0665. The number of rotatable bonds is 3. The Balaban J connectivity index is 1.45. The van der Waals surface area contributed by atoms with Gasteiger partial charge in [-0.2, -0.15) is 5.10 Å². The van der Waals surface area contributed by atoms with Crippen LogP contribution < -0.4 is 5.32 Å². The molecule has 0 amide bonds. The molecule has 1 atom stereocenters. The lowest BCUT2D eigenvalue weighted by Gasteiger charge is -2.26.